The third-order valence-electron chi connectivity index (χ3n) is 1.21. The first-order valence-corrected chi connectivity index (χ1v) is 6.15. The fourth-order valence-corrected chi connectivity index (χ4v) is 2.61. The van der Waals surface area contributed by atoms with Crippen LogP contribution in [0.15, 0.2) is 0 Å². The Bertz CT molecular complexity index is 197. The molecule has 6 nitrogen and oxygen atoms in total. The molecule has 0 aromatic heterocycles. The number of rotatable bonds is 7. The quantitative estimate of drug-likeness (QED) is 0.273. The Balaban J connectivity index is 0. The van der Waals surface area contributed by atoms with E-state index < -0.39 is 24.0 Å². The molecule has 89 valence electrons. The average Bonchev–Trinajstić information content (AvgIpc) is 2.11. The summed E-state index contributed by atoms with van der Waals surface area (Å²) >= 11 is 0. The molecular weight excluding hydrogens is 283 g/mol. The van der Waals surface area contributed by atoms with Crippen LogP contribution in [0.1, 0.15) is 0 Å². The summed E-state index contributed by atoms with van der Waals surface area (Å²) in [5.74, 6) is -1.68. The second-order valence-corrected chi connectivity index (χ2v) is 5.01. The molecule has 0 bridgehead atoms. The number of hydrogen-bond donors (Lipinski definition) is 4. The summed E-state index contributed by atoms with van der Waals surface area (Å²) in [4.78, 5) is 20.5. The molecule has 2 atom stereocenters. The van der Waals surface area contributed by atoms with Gasteiger partial charge >= 0.3 is 11.9 Å². The SMILES string of the molecule is N[C@H](CSSC[C@@H](N)C(=O)O)C(=O)O.[Mn]. The largest absolute Gasteiger partial charge is 0.480 e. The third kappa shape index (κ3) is 9.03. The van der Waals surface area contributed by atoms with E-state index in [-0.39, 0.29) is 28.6 Å². The third-order valence-corrected chi connectivity index (χ3v) is 3.69. The van der Waals surface area contributed by atoms with E-state index in [2.05, 4.69) is 0 Å². The molecule has 15 heavy (non-hydrogen) atoms. The van der Waals surface area contributed by atoms with E-state index in [9.17, 15) is 9.59 Å². The average molecular weight is 295 g/mol. The minimum atomic E-state index is -1.07. The smallest absolute Gasteiger partial charge is 0.321 e. The van der Waals surface area contributed by atoms with Gasteiger partial charge in [-0.3, -0.25) is 9.59 Å². The van der Waals surface area contributed by atoms with Crippen molar-refractivity contribution in [3.8, 4) is 0 Å². The van der Waals surface area contributed by atoms with E-state index in [1.54, 1.807) is 0 Å². The van der Waals surface area contributed by atoms with Crippen LogP contribution in [0.3, 0.4) is 0 Å². The predicted molar refractivity (Wildman–Crippen MR) is 56.1 cm³/mol. The normalized spacial score (nSPS) is 13.7. The van der Waals surface area contributed by atoms with Crippen molar-refractivity contribution in [3.05, 3.63) is 0 Å². The van der Waals surface area contributed by atoms with Crippen LogP contribution < -0.4 is 11.5 Å². The maximum atomic E-state index is 10.3. The van der Waals surface area contributed by atoms with Gasteiger partial charge < -0.3 is 21.7 Å². The molecule has 0 saturated heterocycles. The number of carboxylic acid groups (broad SMARTS) is 2. The van der Waals surface area contributed by atoms with Gasteiger partial charge in [0.2, 0.25) is 0 Å². The van der Waals surface area contributed by atoms with E-state index in [1.165, 1.54) is 21.6 Å². The fourth-order valence-electron chi connectivity index (χ4n) is 0.385. The van der Waals surface area contributed by atoms with Crippen molar-refractivity contribution >= 4 is 33.5 Å². The summed E-state index contributed by atoms with van der Waals surface area (Å²) in [6, 6.07) is -1.85. The molecule has 0 amide bonds. The molecule has 9 heteroatoms. The van der Waals surface area contributed by atoms with Gasteiger partial charge in [0.05, 0.1) is 0 Å². The van der Waals surface area contributed by atoms with Crippen LogP contribution in [0.5, 0.6) is 0 Å². The van der Waals surface area contributed by atoms with Gasteiger partial charge in [-0.25, -0.2) is 0 Å². The van der Waals surface area contributed by atoms with Gasteiger partial charge in [0.15, 0.2) is 0 Å². The summed E-state index contributed by atoms with van der Waals surface area (Å²) in [5, 5.41) is 16.8. The van der Waals surface area contributed by atoms with Crippen molar-refractivity contribution in [1.29, 1.82) is 0 Å². The zero-order chi connectivity index (χ0) is 11.1. The number of carboxylic acids is 2. The Morgan fingerprint density at radius 1 is 1.00 bits per heavy atom. The van der Waals surface area contributed by atoms with Gasteiger partial charge in [0.1, 0.15) is 12.1 Å². The van der Waals surface area contributed by atoms with Gasteiger partial charge in [0.25, 0.3) is 0 Å². The first kappa shape index (κ1) is 17.5. The Morgan fingerprint density at radius 3 is 1.47 bits per heavy atom. The Labute approximate surface area is 105 Å². The van der Waals surface area contributed by atoms with Crippen LogP contribution in [0.25, 0.3) is 0 Å². The molecule has 1 radical (unpaired) electrons. The molecule has 0 aliphatic heterocycles. The van der Waals surface area contributed by atoms with E-state index in [0.717, 1.165) is 0 Å². The molecule has 0 rings (SSSR count). The number of hydrogen-bond acceptors (Lipinski definition) is 6. The Morgan fingerprint density at radius 2 is 1.27 bits per heavy atom. The van der Waals surface area contributed by atoms with Crippen LogP contribution in [0.2, 0.25) is 0 Å². The minimum absolute atomic E-state index is 0. The number of carbonyl (C=O) groups is 2. The molecular formula is C6H12MnN2O4S2. The minimum Gasteiger partial charge on any atom is -0.480 e. The van der Waals surface area contributed by atoms with Gasteiger partial charge in [-0.05, 0) is 0 Å². The van der Waals surface area contributed by atoms with Crippen molar-refractivity contribution in [2.45, 2.75) is 12.1 Å². The van der Waals surface area contributed by atoms with Crippen LogP contribution in [-0.4, -0.2) is 45.7 Å². The van der Waals surface area contributed by atoms with E-state index >= 15 is 0 Å². The maximum absolute atomic E-state index is 10.3. The summed E-state index contributed by atoms with van der Waals surface area (Å²) in [7, 11) is 2.41. The fraction of sp³-hybridized carbons (Fsp3) is 0.667. The summed E-state index contributed by atoms with van der Waals surface area (Å²) in [6.45, 7) is 0. The zero-order valence-electron chi connectivity index (χ0n) is 7.63. The summed E-state index contributed by atoms with van der Waals surface area (Å²) in [6.07, 6.45) is 0. The molecule has 0 fully saturated rings. The molecule has 0 aliphatic rings. The molecule has 0 aromatic carbocycles. The number of nitrogens with two attached hydrogens (primary N) is 2. The standard InChI is InChI=1S/C6H12N2O4S2.Mn/c7-3(5(9)10)1-13-14-2-4(8)6(11)12;/h3-4H,1-2,7-8H2,(H,9,10)(H,11,12);/t3-,4-;/m1./s1. The van der Waals surface area contributed by atoms with Crippen LogP contribution in [0, 0.1) is 0 Å². The van der Waals surface area contributed by atoms with Gasteiger partial charge in [-0.1, -0.05) is 21.6 Å². The monoisotopic (exact) mass is 295 g/mol. The molecule has 0 unspecified atom stereocenters. The second-order valence-electron chi connectivity index (χ2n) is 2.46. The summed E-state index contributed by atoms with van der Waals surface area (Å²) < 4.78 is 0. The predicted octanol–water partition coefficient (Wildman–Crippen LogP) is -0.811. The van der Waals surface area contributed by atoms with Crippen LogP contribution in [-0.2, 0) is 26.7 Å². The van der Waals surface area contributed by atoms with Crippen molar-refractivity contribution < 1.29 is 36.9 Å². The van der Waals surface area contributed by atoms with Crippen molar-refractivity contribution in [2.24, 2.45) is 11.5 Å². The first-order chi connectivity index (χ1) is 6.45. The Hall–Kier alpha value is 0.0795. The molecule has 0 aliphatic carbocycles. The molecule has 0 saturated carbocycles. The number of aliphatic carboxylic acids is 2. The maximum Gasteiger partial charge on any atom is 0.321 e. The molecule has 0 heterocycles. The summed E-state index contributed by atoms with van der Waals surface area (Å²) in [5.41, 5.74) is 10.4. The molecule has 0 aromatic rings. The van der Waals surface area contributed by atoms with Gasteiger partial charge in [0, 0.05) is 28.6 Å². The van der Waals surface area contributed by atoms with E-state index in [1.807, 2.05) is 0 Å². The van der Waals surface area contributed by atoms with E-state index in [4.69, 9.17) is 21.7 Å². The zero-order valence-corrected chi connectivity index (χ0v) is 10.4. The molecule has 6 N–H and O–H groups in total. The molecule has 0 spiro atoms. The van der Waals surface area contributed by atoms with Crippen molar-refractivity contribution in [1.82, 2.24) is 0 Å². The van der Waals surface area contributed by atoms with Crippen molar-refractivity contribution in [3.63, 3.8) is 0 Å². The van der Waals surface area contributed by atoms with Crippen molar-refractivity contribution in [2.75, 3.05) is 11.5 Å². The topological polar surface area (TPSA) is 127 Å². The first-order valence-electron chi connectivity index (χ1n) is 3.66. The Kier molecular flexibility index (Phi) is 10.9. The van der Waals surface area contributed by atoms with Gasteiger partial charge in [-0.2, -0.15) is 0 Å². The van der Waals surface area contributed by atoms with Gasteiger partial charge in [-0.15, -0.1) is 0 Å². The van der Waals surface area contributed by atoms with Crippen LogP contribution >= 0.6 is 21.6 Å². The second kappa shape index (κ2) is 9.32. The van der Waals surface area contributed by atoms with E-state index in [0.29, 0.717) is 0 Å². The van der Waals surface area contributed by atoms with Crippen LogP contribution in [0.4, 0.5) is 0 Å².